The number of aromatic nitrogens is 7. The van der Waals surface area contributed by atoms with Crippen LogP contribution < -0.4 is 10.7 Å². The second-order valence-electron chi connectivity index (χ2n) is 11.1. The molecule has 0 spiro atoms. The third kappa shape index (κ3) is 4.61. The van der Waals surface area contributed by atoms with Gasteiger partial charge < -0.3 is 18.6 Å². The van der Waals surface area contributed by atoms with Crippen LogP contribution in [0.2, 0.25) is 5.02 Å². The van der Waals surface area contributed by atoms with E-state index in [1.165, 1.54) is 25.7 Å². The van der Waals surface area contributed by atoms with Crippen molar-refractivity contribution in [3.05, 3.63) is 34.0 Å². The molecule has 2 aliphatic carbocycles. The monoisotopic (exact) mass is 550 g/mol. The molecular weight excluding hydrogens is 520 g/mol. The van der Waals surface area contributed by atoms with Gasteiger partial charge >= 0.3 is 5.76 Å². The number of hydrogen-bond acceptors (Lipinski definition) is 9. The summed E-state index contributed by atoms with van der Waals surface area (Å²) in [6, 6.07) is 2.12. The van der Waals surface area contributed by atoms with E-state index in [4.69, 9.17) is 35.7 Å². The van der Waals surface area contributed by atoms with Crippen molar-refractivity contribution in [2.45, 2.75) is 70.6 Å². The fourth-order valence-electron chi connectivity index (χ4n) is 6.52. The summed E-state index contributed by atoms with van der Waals surface area (Å²) < 4.78 is 13.7. The number of imidazole rings is 1. The number of fused-ring (bicyclic) bond motifs is 2. The van der Waals surface area contributed by atoms with E-state index >= 15 is 0 Å². The largest absolute Gasteiger partial charge is 0.434 e. The highest BCUT2D eigenvalue weighted by molar-refractivity contribution is 6.30. The van der Waals surface area contributed by atoms with Crippen LogP contribution in [-0.2, 0) is 11.3 Å². The molecule has 5 heterocycles. The number of halogens is 1. The highest BCUT2D eigenvalue weighted by Gasteiger charge is 2.39. The first kappa shape index (κ1) is 24.7. The summed E-state index contributed by atoms with van der Waals surface area (Å²) in [4.78, 5) is 33.3. The number of morpholine rings is 1. The molecule has 0 aromatic carbocycles. The SMILES string of the molecule is CC1CCC(Cn2c(N3CCO[C@@H]4CCC[C@H]43)nc3nc(-c4n[nH]c(=O)o4)nc(-c4cncc(Cl)c4)c32)CC1. The Balaban J connectivity index is 1.44. The first-order valence-electron chi connectivity index (χ1n) is 13.9. The number of H-pyrrole nitrogens is 1. The molecule has 0 bridgehead atoms. The molecule has 11 nitrogen and oxygen atoms in total. The van der Waals surface area contributed by atoms with Crippen LogP contribution in [0.5, 0.6) is 0 Å². The molecule has 12 heteroatoms. The first-order chi connectivity index (χ1) is 19.0. The molecule has 4 aromatic heterocycles. The second-order valence-corrected chi connectivity index (χ2v) is 11.6. The van der Waals surface area contributed by atoms with Crippen LogP contribution in [0.3, 0.4) is 0 Å². The van der Waals surface area contributed by atoms with Gasteiger partial charge in [-0.25, -0.2) is 19.9 Å². The van der Waals surface area contributed by atoms with Gasteiger partial charge in [-0.05, 0) is 50.0 Å². The van der Waals surface area contributed by atoms with Gasteiger partial charge in [-0.3, -0.25) is 4.98 Å². The molecule has 0 amide bonds. The highest BCUT2D eigenvalue weighted by atomic mass is 35.5. The lowest BCUT2D eigenvalue weighted by atomic mass is 9.83. The van der Waals surface area contributed by atoms with Crippen molar-refractivity contribution in [3.8, 4) is 23.0 Å². The minimum absolute atomic E-state index is 0.0118. The van der Waals surface area contributed by atoms with Crippen LogP contribution in [-0.4, -0.2) is 60.0 Å². The molecule has 1 aliphatic heterocycles. The Bertz CT molecular complexity index is 1560. The Hall–Kier alpha value is -3.31. The van der Waals surface area contributed by atoms with Crippen molar-refractivity contribution >= 4 is 28.7 Å². The molecule has 3 aliphatic rings. The highest BCUT2D eigenvalue weighted by Crippen LogP contribution is 2.39. The van der Waals surface area contributed by atoms with E-state index in [0.29, 0.717) is 28.9 Å². The number of hydrogen-bond donors (Lipinski definition) is 1. The van der Waals surface area contributed by atoms with E-state index in [2.05, 4.69) is 31.6 Å². The predicted octanol–water partition coefficient (Wildman–Crippen LogP) is 4.47. The van der Waals surface area contributed by atoms with Gasteiger partial charge in [0.05, 0.1) is 23.8 Å². The van der Waals surface area contributed by atoms with Crippen LogP contribution in [0.1, 0.15) is 51.9 Å². The summed E-state index contributed by atoms with van der Waals surface area (Å²) >= 11 is 6.38. The van der Waals surface area contributed by atoms with E-state index < -0.39 is 5.76 Å². The molecule has 7 rings (SSSR count). The molecule has 2 atom stereocenters. The molecule has 0 radical (unpaired) electrons. The maximum absolute atomic E-state index is 11.7. The average molecular weight is 551 g/mol. The van der Waals surface area contributed by atoms with Gasteiger partial charge in [0.1, 0.15) is 11.2 Å². The maximum atomic E-state index is 11.7. The standard InChI is InChI=1S/C27H31ClN8O3/c1-15-5-7-16(8-6-15)14-36-22-21(17-11-18(28)13-29-12-17)30-24(25-33-34-27(37)39-25)31-23(22)32-26(36)35-9-10-38-20-4-2-3-19(20)35/h11-13,15-16,19-20H,2-10,14H2,1H3,(H,34,37)/t15?,16?,19-,20-/m1/s1. The van der Waals surface area contributed by atoms with Gasteiger partial charge in [0.2, 0.25) is 11.8 Å². The van der Waals surface area contributed by atoms with Crippen molar-refractivity contribution in [1.82, 2.24) is 34.7 Å². The van der Waals surface area contributed by atoms with Crippen LogP contribution >= 0.6 is 11.6 Å². The summed E-state index contributed by atoms with van der Waals surface area (Å²) in [5.74, 6) is 1.72. The van der Waals surface area contributed by atoms with Gasteiger partial charge in [-0.2, -0.15) is 4.98 Å². The topological polar surface area (TPSA) is 128 Å². The summed E-state index contributed by atoms with van der Waals surface area (Å²) in [7, 11) is 0. The van der Waals surface area contributed by atoms with Crippen molar-refractivity contribution in [2.75, 3.05) is 18.1 Å². The van der Waals surface area contributed by atoms with E-state index in [1.54, 1.807) is 12.4 Å². The lowest BCUT2D eigenvalue weighted by Gasteiger charge is -2.39. The maximum Gasteiger partial charge on any atom is 0.434 e. The lowest BCUT2D eigenvalue weighted by molar-refractivity contribution is 0.0247. The molecule has 4 aromatic rings. The van der Waals surface area contributed by atoms with Crippen LogP contribution in [0.25, 0.3) is 34.1 Å². The summed E-state index contributed by atoms with van der Waals surface area (Å²) in [6.07, 6.45) is 11.7. The van der Waals surface area contributed by atoms with E-state index in [1.807, 2.05) is 6.07 Å². The average Bonchev–Trinajstić information content (AvgIpc) is 3.68. The first-order valence-corrected chi connectivity index (χ1v) is 14.2. The minimum Gasteiger partial charge on any atom is -0.384 e. The van der Waals surface area contributed by atoms with Gasteiger partial charge in [-0.15, -0.1) is 5.10 Å². The van der Waals surface area contributed by atoms with Crippen molar-refractivity contribution in [2.24, 2.45) is 11.8 Å². The van der Waals surface area contributed by atoms with Crippen molar-refractivity contribution in [3.63, 3.8) is 0 Å². The molecule has 204 valence electrons. The normalized spacial score (nSPS) is 25.3. The number of aromatic amines is 1. The smallest absolute Gasteiger partial charge is 0.384 e. The Morgan fingerprint density at radius 3 is 2.77 bits per heavy atom. The van der Waals surface area contributed by atoms with Crippen LogP contribution in [0.15, 0.2) is 27.7 Å². The third-order valence-electron chi connectivity index (χ3n) is 8.51. The number of anilines is 1. The minimum atomic E-state index is -0.669. The molecule has 1 N–H and O–H groups in total. The summed E-state index contributed by atoms with van der Waals surface area (Å²) in [5.41, 5.74) is 2.73. The molecule has 3 fully saturated rings. The van der Waals surface area contributed by atoms with Gasteiger partial charge in [0, 0.05) is 31.0 Å². The zero-order valence-corrected chi connectivity index (χ0v) is 22.6. The fraction of sp³-hybridized carbons (Fsp3) is 0.556. The van der Waals surface area contributed by atoms with Gasteiger partial charge in [0.15, 0.2) is 5.65 Å². The molecular formula is C27H31ClN8O3. The predicted molar refractivity (Wildman–Crippen MR) is 146 cm³/mol. The van der Waals surface area contributed by atoms with Crippen molar-refractivity contribution in [1.29, 1.82) is 0 Å². The number of nitrogens with zero attached hydrogens (tertiary/aromatic N) is 7. The summed E-state index contributed by atoms with van der Waals surface area (Å²) in [5, 5.41) is 6.78. The Morgan fingerprint density at radius 2 is 1.97 bits per heavy atom. The summed E-state index contributed by atoms with van der Waals surface area (Å²) in [6.45, 7) is 4.62. The molecule has 0 unspecified atom stereocenters. The Morgan fingerprint density at radius 1 is 1.10 bits per heavy atom. The van der Waals surface area contributed by atoms with Gasteiger partial charge in [-0.1, -0.05) is 31.4 Å². The number of rotatable bonds is 5. The molecule has 2 saturated carbocycles. The number of nitrogens with one attached hydrogen (secondary N) is 1. The van der Waals surface area contributed by atoms with E-state index in [9.17, 15) is 4.79 Å². The van der Waals surface area contributed by atoms with Crippen LogP contribution in [0, 0.1) is 11.8 Å². The molecule has 39 heavy (non-hydrogen) atoms. The third-order valence-corrected chi connectivity index (χ3v) is 8.71. The van der Waals surface area contributed by atoms with E-state index in [0.717, 1.165) is 55.3 Å². The molecule has 1 saturated heterocycles. The quantitative estimate of drug-likeness (QED) is 0.382. The number of ether oxygens (including phenoxy) is 1. The Kier molecular flexibility index (Phi) is 6.35. The van der Waals surface area contributed by atoms with Gasteiger partial charge in [0.25, 0.3) is 5.89 Å². The fourth-order valence-corrected chi connectivity index (χ4v) is 6.70. The zero-order chi connectivity index (χ0) is 26.5. The van der Waals surface area contributed by atoms with E-state index in [-0.39, 0.29) is 23.9 Å². The second kappa shape index (κ2) is 10.0. The number of pyridine rings is 1. The Labute approximate surface area is 230 Å². The van der Waals surface area contributed by atoms with Crippen molar-refractivity contribution < 1.29 is 9.15 Å². The zero-order valence-electron chi connectivity index (χ0n) is 21.8. The lowest BCUT2D eigenvalue weighted by Crippen LogP contribution is -2.49. The van der Waals surface area contributed by atoms with Crippen LogP contribution in [0.4, 0.5) is 5.95 Å².